The highest BCUT2D eigenvalue weighted by Crippen LogP contribution is 2.26. The normalized spacial score (nSPS) is 11.0. The quantitative estimate of drug-likeness (QED) is 0.754. The van der Waals surface area contributed by atoms with E-state index in [-0.39, 0.29) is 25.0 Å². The second kappa shape index (κ2) is 7.67. The fourth-order valence-electron chi connectivity index (χ4n) is 1.68. The molecule has 0 unspecified atom stereocenters. The van der Waals surface area contributed by atoms with Gasteiger partial charge in [0, 0.05) is 6.42 Å². The first-order valence-corrected chi connectivity index (χ1v) is 6.38. The number of halogens is 3. The molecule has 1 aromatic carbocycles. The van der Waals surface area contributed by atoms with Crippen LogP contribution in [0.5, 0.6) is 5.75 Å². The molecule has 0 aliphatic heterocycles. The van der Waals surface area contributed by atoms with Gasteiger partial charge in [-0.1, -0.05) is 0 Å². The molecule has 0 fully saturated rings. The minimum absolute atomic E-state index is 0.0335. The van der Waals surface area contributed by atoms with Crippen LogP contribution in [0.3, 0.4) is 0 Å². The van der Waals surface area contributed by atoms with Crippen molar-refractivity contribution in [2.24, 2.45) is 0 Å². The van der Waals surface area contributed by atoms with E-state index in [9.17, 15) is 22.8 Å². The molecule has 122 valence electrons. The van der Waals surface area contributed by atoms with Gasteiger partial charge in [-0.15, -0.1) is 13.2 Å². The number of carbonyl (C=O) groups excluding carboxylic acids is 2. The van der Waals surface area contributed by atoms with E-state index in [1.807, 2.05) is 0 Å². The number of hydrogen-bond donors (Lipinski definition) is 0. The maximum Gasteiger partial charge on any atom is 0.573 e. The van der Waals surface area contributed by atoms with Crippen LogP contribution in [0, 0.1) is 0 Å². The number of alkyl halides is 3. The fraction of sp³-hybridized carbons (Fsp3) is 0.429. The number of carbonyl (C=O) groups is 2. The van der Waals surface area contributed by atoms with Gasteiger partial charge in [0.25, 0.3) is 0 Å². The predicted octanol–water partition coefficient (Wildman–Crippen LogP) is 2.87. The molecule has 0 N–H and O–H groups in total. The predicted molar refractivity (Wildman–Crippen MR) is 69.4 cm³/mol. The van der Waals surface area contributed by atoms with E-state index in [4.69, 9.17) is 4.74 Å². The van der Waals surface area contributed by atoms with Crippen molar-refractivity contribution in [3.05, 3.63) is 29.3 Å². The molecule has 0 atom stereocenters. The Balaban J connectivity index is 3.03. The summed E-state index contributed by atoms with van der Waals surface area (Å²) in [7, 11) is 1.20. The van der Waals surface area contributed by atoms with Crippen molar-refractivity contribution >= 4 is 11.9 Å². The van der Waals surface area contributed by atoms with Gasteiger partial charge in [-0.3, -0.25) is 4.79 Å². The summed E-state index contributed by atoms with van der Waals surface area (Å²) in [4.78, 5) is 22.8. The molecule has 0 radical (unpaired) electrons. The monoisotopic (exact) mass is 320 g/mol. The van der Waals surface area contributed by atoms with Gasteiger partial charge in [0.2, 0.25) is 0 Å². The summed E-state index contributed by atoms with van der Waals surface area (Å²) in [5, 5.41) is 0. The lowest BCUT2D eigenvalue weighted by atomic mass is 10.1. The maximum atomic E-state index is 12.3. The smallest absolute Gasteiger partial charge is 0.469 e. The zero-order valence-electron chi connectivity index (χ0n) is 12.0. The molecule has 1 aromatic rings. The van der Waals surface area contributed by atoms with Crippen LogP contribution < -0.4 is 4.74 Å². The van der Waals surface area contributed by atoms with Gasteiger partial charge in [0.15, 0.2) is 0 Å². The van der Waals surface area contributed by atoms with Crippen LogP contribution in [0.15, 0.2) is 18.2 Å². The molecule has 0 amide bonds. The summed E-state index contributed by atoms with van der Waals surface area (Å²) in [5.41, 5.74) is 0.249. The van der Waals surface area contributed by atoms with Gasteiger partial charge in [-0.2, -0.15) is 0 Å². The van der Waals surface area contributed by atoms with Gasteiger partial charge in [-0.05, 0) is 37.1 Å². The Kier molecular flexibility index (Phi) is 6.21. The third-order valence-electron chi connectivity index (χ3n) is 2.56. The lowest BCUT2D eigenvalue weighted by molar-refractivity contribution is -0.274. The highest BCUT2D eigenvalue weighted by Gasteiger charge is 2.31. The average Bonchev–Trinajstić information content (AvgIpc) is 2.42. The Morgan fingerprint density at radius 3 is 2.41 bits per heavy atom. The summed E-state index contributed by atoms with van der Waals surface area (Å²) >= 11 is 0. The van der Waals surface area contributed by atoms with Crippen molar-refractivity contribution in [1.29, 1.82) is 0 Å². The van der Waals surface area contributed by atoms with Crippen molar-refractivity contribution in [2.45, 2.75) is 26.1 Å². The number of methoxy groups -OCH3 is 1. The van der Waals surface area contributed by atoms with Crippen LogP contribution in [0.4, 0.5) is 13.2 Å². The molecule has 0 aliphatic rings. The Morgan fingerprint density at radius 1 is 1.18 bits per heavy atom. The zero-order valence-corrected chi connectivity index (χ0v) is 12.0. The van der Waals surface area contributed by atoms with E-state index < -0.39 is 24.1 Å². The first kappa shape index (κ1) is 17.8. The largest absolute Gasteiger partial charge is 0.573 e. The van der Waals surface area contributed by atoms with E-state index in [0.29, 0.717) is 5.56 Å². The standard InChI is InChI=1S/C14H15F3O5/c1-3-21-13(19)10-6-9(4-5-12(18)20-2)7-11(8-10)22-14(15,16)17/h6-8H,3-5H2,1-2H3. The minimum Gasteiger partial charge on any atom is -0.469 e. The molecular formula is C14H15F3O5. The van der Waals surface area contributed by atoms with E-state index >= 15 is 0 Å². The molecule has 0 saturated carbocycles. The van der Waals surface area contributed by atoms with Crippen LogP contribution >= 0.6 is 0 Å². The van der Waals surface area contributed by atoms with Crippen LogP contribution in [0.2, 0.25) is 0 Å². The van der Waals surface area contributed by atoms with Crippen LogP contribution in [0.1, 0.15) is 29.3 Å². The molecular weight excluding hydrogens is 305 g/mol. The number of hydrogen-bond acceptors (Lipinski definition) is 5. The lowest BCUT2D eigenvalue weighted by Gasteiger charge is -2.12. The topological polar surface area (TPSA) is 61.8 Å². The second-order valence-electron chi connectivity index (χ2n) is 4.21. The van der Waals surface area contributed by atoms with Gasteiger partial charge >= 0.3 is 18.3 Å². The SMILES string of the molecule is CCOC(=O)c1cc(CCC(=O)OC)cc(OC(F)(F)F)c1. The van der Waals surface area contributed by atoms with Gasteiger partial charge < -0.3 is 14.2 Å². The number of esters is 2. The molecule has 0 bridgehead atoms. The number of ether oxygens (including phenoxy) is 3. The third kappa shape index (κ3) is 6.02. The van der Waals surface area contributed by atoms with Crippen molar-refractivity contribution in [1.82, 2.24) is 0 Å². The number of rotatable bonds is 6. The Hall–Kier alpha value is -2.25. The molecule has 22 heavy (non-hydrogen) atoms. The molecule has 0 aromatic heterocycles. The molecule has 0 spiro atoms. The van der Waals surface area contributed by atoms with E-state index in [0.717, 1.165) is 12.1 Å². The Bertz CT molecular complexity index is 540. The number of aryl methyl sites for hydroxylation is 1. The number of benzene rings is 1. The highest BCUT2D eigenvalue weighted by molar-refractivity contribution is 5.90. The van der Waals surface area contributed by atoms with Crippen LogP contribution in [-0.2, 0) is 20.7 Å². The van der Waals surface area contributed by atoms with Crippen molar-refractivity contribution < 1.29 is 37.0 Å². The van der Waals surface area contributed by atoms with Crippen LogP contribution in [-0.4, -0.2) is 32.0 Å². The molecule has 0 heterocycles. The van der Waals surface area contributed by atoms with Gasteiger partial charge in [0.05, 0.1) is 19.3 Å². The summed E-state index contributed by atoms with van der Waals surface area (Å²) in [5.74, 6) is -1.83. The van der Waals surface area contributed by atoms with Crippen molar-refractivity contribution in [3.63, 3.8) is 0 Å². The van der Waals surface area contributed by atoms with Gasteiger partial charge in [-0.25, -0.2) is 4.79 Å². The van der Waals surface area contributed by atoms with E-state index in [1.165, 1.54) is 13.2 Å². The fourth-order valence-corrected chi connectivity index (χ4v) is 1.68. The Morgan fingerprint density at radius 2 is 1.86 bits per heavy atom. The van der Waals surface area contributed by atoms with Crippen molar-refractivity contribution in [3.8, 4) is 5.75 Å². The van der Waals surface area contributed by atoms with Crippen LogP contribution in [0.25, 0.3) is 0 Å². The molecule has 0 saturated heterocycles. The molecule has 0 aliphatic carbocycles. The van der Waals surface area contributed by atoms with Gasteiger partial charge in [0.1, 0.15) is 5.75 Å². The maximum absolute atomic E-state index is 12.3. The van der Waals surface area contributed by atoms with E-state index in [2.05, 4.69) is 9.47 Å². The summed E-state index contributed by atoms with van der Waals surface area (Å²) in [6, 6.07) is 3.40. The minimum atomic E-state index is -4.88. The lowest BCUT2D eigenvalue weighted by Crippen LogP contribution is -2.18. The highest BCUT2D eigenvalue weighted by atomic mass is 19.4. The third-order valence-corrected chi connectivity index (χ3v) is 2.56. The summed E-state index contributed by atoms with van der Waals surface area (Å²) in [6.07, 6.45) is -4.81. The van der Waals surface area contributed by atoms with Crippen molar-refractivity contribution in [2.75, 3.05) is 13.7 Å². The summed E-state index contributed by atoms with van der Waals surface area (Å²) in [6.45, 7) is 1.66. The molecule has 8 heteroatoms. The summed E-state index contributed by atoms with van der Waals surface area (Å²) < 4.78 is 50.0. The Labute approximate surface area is 125 Å². The zero-order chi connectivity index (χ0) is 16.8. The molecule has 5 nitrogen and oxygen atoms in total. The first-order valence-electron chi connectivity index (χ1n) is 6.38. The van der Waals surface area contributed by atoms with E-state index in [1.54, 1.807) is 6.92 Å². The molecule has 1 rings (SSSR count). The first-order chi connectivity index (χ1) is 10.2. The average molecular weight is 320 g/mol. The second-order valence-corrected chi connectivity index (χ2v) is 4.21.